The molecule has 1 amide bonds. The summed E-state index contributed by atoms with van der Waals surface area (Å²) in [5, 5.41) is 0. The molecule has 2 aliphatic rings. The average Bonchev–Trinajstić information content (AvgIpc) is 3.14. The number of carbonyl (C=O) groups is 1. The molecule has 1 saturated heterocycles. The van der Waals surface area contributed by atoms with Gasteiger partial charge in [0.1, 0.15) is 0 Å². The number of sulfonamides is 1. The number of rotatable bonds is 6. The molecule has 0 unspecified atom stereocenters. The first-order valence-corrected chi connectivity index (χ1v) is 11.6. The molecule has 1 aromatic rings. The summed E-state index contributed by atoms with van der Waals surface area (Å²) in [6.07, 6.45) is 8.11. The first kappa shape index (κ1) is 19.4. The van der Waals surface area contributed by atoms with E-state index in [4.69, 9.17) is 0 Å². The first-order chi connectivity index (χ1) is 12.4. The number of hydrogen-bond donors (Lipinski definition) is 0. The third-order valence-electron chi connectivity index (χ3n) is 5.78. The zero-order valence-corrected chi connectivity index (χ0v) is 16.5. The van der Waals surface area contributed by atoms with Crippen LogP contribution >= 0.6 is 0 Å². The Labute approximate surface area is 157 Å². The van der Waals surface area contributed by atoms with Crippen LogP contribution in [0.4, 0.5) is 0 Å². The van der Waals surface area contributed by atoms with Crippen molar-refractivity contribution in [2.75, 3.05) is 25.9 Å². The van der Waals surface area contributed by atoms with E-state index in [1.54, 1.807) is 0 Å². The Hall–Kier alpha value is -1.40. The normalized spacial score (nSPS) is 20.0. The molecule has 0 N–H and O–H groups in total. The van der Waals surface area contributed by atoms with Crippen molar-refractivity contribution >= 4 is 15.9 Å². The van der Waals surface area contributed by atoms with Gasteiger partial charge in [0.15, 0.2) is 0 Å². The number of carbonyl (C=O) groups excluding carboxylic acids is 1. The maximum atomic E-state index is 12.7. The van der Waals surface area contributed by atoms with Gasteiger partial charge in [-0.1, -0.05) is 43.2 Å². The van der Waals surface area contributed by atoms with Crippen molar-refractivity contribution in [2.24, 2.45) is 5.92 Å². The van der Waals surface area contributed by atoms with E-state index in [9.17, 15) is 13.2 Å². The van der Waals surface area contributed by atoms with E-state index >= 15 is 0 Å². The molecule has 144 valence electrons. The first-order valence-electron chi connectivity index (χ1n) is 9.72. The fraction of sp³-hybridized carbons (Fsp3) is 0.650. The maximum Gasteiger partial charge on any atom is 0.237 e. The number of amides is 1. The number of nitrogens with zero attached hydrogens (tertiary/aromatic N) is 2. The minimum absolute atomic E-state index is 0.00423. The highest BCUT2D eigenvalue weighted by Gasteiger charge is 2.33. The summed E-state index contributed by atoms with van der Waals surface area (Å²) in [6.45, 7) is 1.48. The third kappa shape index (κ3) is 5.07. The predicted molar refractivity (Wildman–Crippen MR) is 103 cm³/mol. The molecular formula is C20H30N2O3S. The van der Waals surface area contributed by atoms with E-state index in [1.165, 1.54) is 16.1 Å². The van der Waals surface area contributed by atoms with Crippen molar-refractivity contribution in [1.29, 1.82) is 0 Å². The molecule has 0 atom stereocenters. The minimum Gasteiger partial charge on any atom is -0.342 e. The summed E-state index contributed by atoms with van der Waals surface area (Å²) in [5.74, 6) is 0.558. The topological polar surface area (TPSA) is 57.7 Å². The van der Waals surface area contributed by atoms with Gasteiger partial charge in [-0.15, -0.1) is 0 Å². The van der Waals surface area contributed by atoms with Crippen LogP contribution in [0.15, 0.2) is 30.3 Å². The van der Waals surface area contributed by atoms with Crippen molar-refractivity contribution in [3.05, 3.63) is 35.9 Å². The van der Waals surface area contributed by atoms with Crippen molar-refractivity contribution in [1.82, 2.24) is 9.21 Å². The Kier molecular flexibility index (Phi) is 6.35. The Balaban J connectivity index is 1.52. The second-order valence-electron chi connectivity index (χ2n) is 7.76. The van der Waals surface area contributed by atoms with E-state index in [0.29, 0.717) is 5.92 Å². The van der Waals surface area contributed by atoms with Crippen LogP contribution in [-0.4, -0.2) is 55.5 Å². The van der Waals surface area contributed by atoms with Crippen molar-refractivity contribution in [3.8, 4) is 0 Å². The lowest BCUT2D eigenvalue weighted by molar-refractivity contribution is -0.133. The fourth-order valence-electron chi connectivity index (χ4n) is 4.28. The van der Waals surface area contributed by atoms with Crippen molar-refractivity contribution in [3.63, 3.8) is 0 Å². The third-order valence-corrected chi connectivity index (χ3v) is 7.06. The van der Waals surface area contributed by atoms with E-state index in [0.717, 1.165) is 58.0 Å². The van der Waals surface area contributed by atoms with Crippen LogP contribution in [0, 0.1) is 5.92 Å². The molecule has 2 fully saturated rings. The van der Waals surface area contributed by atoms with Crippen LogP contribution in [-0.2, 0) is 21.2 Å². The SMILES string of the molecule is CS(=O)(=O)N(CC(=O)N1CCC(Cc2ccccc2)CC1)C1CCCC1. The zero-order chi connectivity index (χ0) is 18.6. The highest BCUT2D eigenvalue weighted by molar-refractivity contribution is 7.88. The molecular weight excluding hydrogens is 348 g/mol. The van der Waals surface area contributed by atoms with Gasteiger partial charge >= 0.3 is 0 Å². The van der Waals surface area contributed by atoms with E-state index in [2.05, 4.69) is 24.3 Å². The van der Waals surface area contributed by atoms with E-state index < -0.39 is 10.0 Å². The summed E-state index contributed by atoms with van der Waals surface area (Å²) in [7, 11) is -3.35. The van der Waals surface area contributed by atoms with Gasteiger partial charge < -0.3 is 4.90 Å². The number of piperidine rings is 1. The van der Waals surface area contributed by atoms with Crippen LogP contribution in [0.5, 0.6) is 0 Å². The summed E-state index contributed by atoms with van der Waals surface area (Å²) in [4.78, 5) is 14.6. The lowest BCUT2D eigenvalue weighted by Gasteiger charge is -2.34. The molecule has 1 aromatic carbocycles. The summed E-state index contributed by atoms with van der Waals surface area (Å²) < 4.78 is 25.7. The van der Waals surface area contributed by atoms with Crippen molar-refractivity contribution < 1.29 is 13.2 Å². The second-order valence-corrected chi connectivity index (χ2v) is 9.70. The van der Waals surface area contributed by atoms with Crippen LogP contribution < -0.4 is 0 Å². The maximum absolute atomic E-state index is 12.7. The summed E-state index contributed by atoms with van der Waals surface area (Å²) >= 11 is 0. The van der Waals surface area contributed by atoms with Crippen LogP contribution in [0.25, 0.3) is 0 Å². The molecule has 1 aliphatic carbocycles. The van der Waals surface area contributed by atoms with Crippen LogP contribution in [0.3, 0.4) is 0 Å². The van der Waals surface area contributed by atoms with Gasteiger partial charge in [-0.2, -0.15) is 4.31 Å². The highest BCUT2D eigenvalue weighted by Crippen LogP contribution is 2.26. The Morgan fingerprint density at radius 2 is 1.69 bits per heavy atom. The Morgan fingerprint density at radius 1 is 1.08 bits per heavy atom. The molecule has 1 heterocycles. The molecule has 0 spiro atoms. The molecule has 0 bridgehead atoms. The number of likely N-dealkylation sites (tertiary alicyclic amines) is 1. The van der Waals surface area contributed by atoms with Gasteiger partial charge in [-0.05, 0) is 43.6 Å². The van der Waals surface area contributed by atoms with E-state index in [1.807, 2.05) is 11.0 Å². The van der Waals surface area contributed by atoms with Gasteiger partial charge in [0.05, 0.1) is 12.8 Å². The molecule has 1 saturated carbocycles. The second kappa shape index (κ2) is 8.53. The van der Waals surface area contributed by atoms with Gasteiger partial charge in [0.2, 0.25) is 15.9 Å². The number of hydrogen-bond acceptors (Lipinski definition) is 3. The molecule has 6 heteroatoms. The lowest BCUT2D eigenvalue weighted by atomic mass is 9.90. The summed E-state index contributed by atoms with van der Waals surface area (Å²) in [5.41, 5.74) is 1.35. The molecule has 5 nitrogen and oxygen atoms in total. The van der Waals surface area contributed by atoms with Gasteiger partial charge in [-0.25, -0.2) is 8.42 Å². The summed E-state index contributed by atoms with van der Waals surface area (Å²) in [6, 6.07) is 10.5. The fourth-order valence-corrected chi connectivity index (χ4v) is 5.37. The quantitative estimate of drug-likeness (QED) is 0.765. The van der Waals surface area contributed by atoms with Crippen molar-refractivity contribution in [2.45, 2.75) is 51.0 Å². The minimum atomic E-state index is -3.35. The molecule has 3 rings (SSSR count). The number of benzene rings is 1. The van der Waals surface area contributed by atoms with Crippen LogP contribution in [0.1, 0.15) is 44.1 Å². The lowest BCUT2D eigenvalue weighted by Crippen LogP contribution is -2.48. The molecule has 0 aromatic heterocycles. The predicted octanol–water partition coefficient (Wildman–Crippen LogP) is 2.67. The largest absolute Gasteiger partial charge is 0.342 e. The van der Waals surface area contributed by atoms with Gasteiger partial charge in [-0.3, -0.25) is 4.79 Å². The Bertz CT molecular complexity index is 691. The van der Waals surface area contributed by atoms with E-state index in [-0.39, 0.29) is 18.5 Å². The monoisotopic (exact) mass is 378 g/mol. The van der Waals surface area contributed by atoms with Crippen LogP contribution in [0.2, 0.25) is 0 Å². The molecule has 26 heavy (non-hydrogen) atoms. The highest BCUT2D eigenvalue weighted by atomic mass is 32.2. The standard InChI is InChI=1S/C20H30N2O3S/c1-26(24,25)22(19-9-5-6-10-19)16-20(23)21-13-11-18(12-14-21)15-17-7-3-2-4-8-17/h2-4,7-8,18-19H,5-6,9-16H2,1H3. The Morgan fingerprint density at radius 3 is 2.27 bits per heavy atom. The molecule has 0 radical (unpaired) electrons. The average molecular weight is 379 g/mol. The van der Waals surface area contributed by atoms with Gasteiger partial charge in [0, 0.05) is 19.1 Å². The van der Waals surface area contributed by atoms with Gasteiger partial charge in [0.25, 0.3) is 0 Å². The molecule has 1 aliphatic heterocycles. The smallest absolute Gasteiger partial charge is 0.237 e. The zero-order valence-electron chi connectivity index (χ0n) is 15.6.